The van der Waals surface area contributed by atoms with E-state index in [2.05, 4.69) is 4.98 Å². The average molecular weight is 489 g/mol. The number of ether oxygens (including phenoxy) is 1. The molecule has 4 rings (SSSR count). The molecular formula is C26H26N5O5+. The highest BCUT2D eigenvalue weighted by atomic mass is 16.5. The van der Waals surface area contributed by atoms with Gasteiger partial charge in [0.2, 0.25) is 5.91 Å². The number of anilines is 3. The number of rotatable bonds is 4. The molecule has 36 heavy (non-hydrogen) atoms. The largest absolute Gasteiger partial charge is 0.497 e. The minimum atomic E-state index is -1.48. The normalized spacial score (nSPS) is 17.4. The van der Waals surface area contributed by atoms with Gasteiger partial charge >= 0.3 is 18.0 Å². The minimum Gasteiger partial charge on any atom is -0.497 e. The first-order valence-electron chi connectivity index (χ1n) is 11.3. The second kappa shape index (κ2) is 9.59. The average Bonchev–Trinajstić information content (AvgIpc) is 2.96. The zero-order valence-electron chi connectivity index (χ0n) is 20.1. The molecule has 0 saturated heterocycles. The topological polar surface area (TPSA) is 123 Å². The highest BCUT2D eigenvalue weighted by molar-refractivity contribution is 6.33. The third kappa shape index (κ3) is 3.87. The van der Waals surface area contributed by atoms with Gasteiger partial charge in [-0.05, 0) is 56.3 Å². The molecule has 1 unspecified atom stereocenters. The van der Waals surface area contributed by atoms with Crippen molar-refractivity contribution in [3.63, 3.8) is 0 Å². The highest BCUT2D eigenvalue weighted by Crippen LogP contribution is 2.43. The Morgan fingerprint density at radius 3 is 2.33 bits per heavy atom. The van der Waals surface area contributed by atoms with Crippen LogP contribution in [0.15, 0.2) is 73.1 Å². The maximum atomic E-state index is 14.3. The molecule has 10 heteroatoms. The fourth-order valence-electron chi connectivity index (χ4n) is 4.38. The molecule has 0 aliphatic carbocycles. The second-order valence-electron chi connectivity index (χ2n) is 8.45. The molecule has 2 aromatic carbocycles. The molecule has 6 amide bonds. The van der Waals surface area contributed by atoms with Gasteiger partial charge in [-0.2, -0.15) is 0 Å². The van der Waals surface area contributed by atoms with Crippen molar-refractivity contribution in [3.05, 3.63) is 73.1 Å². The lowest BCUT2D eigenvalue weighted by Gasteiger charge is -2.35. The van der Waals surface area contributed by atoms with Crippen LogP contribution in [-0.4, -0.2) is 42.0 Å². The molecule has 0 spiro atoms. The van der Waals surface area contributed by atoms with Crippen molar-refractivity contribution >= 4 is 46.6 Å². The lowest BCUT2D eigenvalue weighted by molar-refractivity contribution is -0.130. The molecule has 0 saturated carbocycles. The minimum absolute atomic E-state index is 0.0196. The number of amides is 6. The van der Waals surface area contributed by atoms with Crippen molar-refractivity contribution < 1.29 is 23.9 Å². The molecule has 1 aliphatic heterocycles. The van der Waals surface area contributed by atoms with Gasteiger partial charge in [0, 0.05) is 24.0 Å². The number of hydrogen-bond donors (Lipinski definition) is 1. The Labute approximate surface area is 208 Å². The van der Waals surface area contributed by atoms with Gasteiger partial charge in [0.15, 0.2) is 5.69 Å². The van der Waals surface area contributed by atoms with Gasteiger partial charge in [-0.15, -0.1) is 0 Å². The van der Waals surface area contributed by atoms with Crippen molar-refractivity contribution in [2.75, 3.05) is 16.9 Å². The third-order valence-electron chi connectivity index (χ3n) is 6.00. The lowest BCUT2D eigenvalue weighted by Crippen LogP contribution is -2.69. The predicted molar refractivity (Wildman–Crippen MR) is 135 cm³/mol. The first-order valence-corrected chi connectivity index (χ1v) is 11.3. The quantitative estimate of drug-likeness (QED) is 0.436. The van der Waals surface area contributed by atoms with Gasteiger partial charge in [0.25, 0.3) is 0 Å². The smallest absolute Gasteiger partial charge is 0.445 e. The maximum Gasteiger partial charge on any atom is 0.445 e. The van der Waals surface area contributed by atoms with E-state index in [1.54, 1.807) is 74.6 Å². The van der Waals surface area contributed by atoms with E-state index in [0.717, 1.165) is 0 Å². The standard InChI is InChI=1S/C26H25N5O5/c1-17(2)29(18-10-12-20(36-3)13-11-18)26(35)31(25(27)34)22-9-5-4-8-21(22)30(23(32)15-24(31)33)19-7-6-14-28-16-19/h4-14,16-17H,15H2,1-3H3,(H-,27,34)/p+1. The number of fused-ring (bicyclic) bond motifs is 1. The predicted octanol–water partition coefficient (Wildman–Crippen LogP) is 4.11. The summed E-state index contributed by atoms with van der Waals surface area (Å²) in [6.07, 6.45) is 2.28. The summed E-state index contributed by atoms with van der Waals surface area (Å²) in [6, 6.07) is 13.6. The van der Waals surface area contributed by atoms with Gasteiger partial charge in [-0.3, -0.25) is 19.6 Å². The summed E-state index contributed by atoms with van der Waals surface area (Å²) in [5.74, 6) is -0.992. The van der Waals surface area contributed by atoms with Crippen molar-refractivity contribution in [1.29, 1.82) is 0 Å². The first kappa shape index (κ1) is 24.6. The van der Waals surface area contributed by atoms with E-state index in [1.807, 2.05) is 0 Å². The molecule has 10 nitrogen and oxygen atoms in total. The molecule has 2 heterocycles. The Balaban J connectivity index is 1.97. The molecule has 0 fully saturated rings. The molecular weight excluding hydrogens is 462 g/mol. The van der Waals surface area contributed by atoms with E-state index in [4.69, 9.17) is 10.5 Å². The second-order valence-corrected chi connectivity index (χ2v) is 8.45. The molecule has 0 radical (unpaired) electrons. The number of carbonyl (C=O) groups excluding carboxylic acids is 4. The zero-order valence-corrected chi connectivity index (χ0v) is 20.1. The van der Waals surface area contributed by atoms with Gasteiger partial charge in [-0.25, -0.2) is 14.4 Å². The Morgan fingerprint density at radius 1 is 1.06 bits per heavy atom. The number of nitrogens with zero attached hydrogens (tertiary/aromatic N) is 4. The molecule has 184 valence electrons. The molecule has 1 aliphatic rings. The number of pyridine rings is 1. The van der Waals surface area contributed by atoms with Crippen LogP contribution < -0.4 is 24.8 Å². The molecule has 3 aromatic rings. The van der Waals surface area contributed by atoms with Crippen molar-refractivity contribution in [1.82, 2.24) is 9.47 Å². The van der Waals surface area contributed by atoms with E-state index < -0.39 is 40.8 Å². The number of benzene rings is 2. The van der Waals surface area contributed by atoms with Crippen LogP contribution in [0, 0.1) is 0 Å². The van der Waals surface area contributed by atoms with E-state index in [9.17, 15) is 19.2 Å². The third-order valence-corrected chi connectivity index (χ3v) is 6.00. The van der Waals surface area contributed by atoms with Crippen LogP contribution in [0.4, 0.5) is 32.3 Å². The fraction of sp³-hybridized carbons (Fsp3) is 0.192. The number of para-hydroxylation sites is 2. The van der Waals surface area contributed by atoms with Crippen LogP contribution >= 0.6 is 0 Å². The first-order chi connectivity index (χ1) is 17.2. The summed E-state index contributed by atoms with van der Waals surface area (Å²) in [4.78, 5) is 61.3. The van der Waals surface area contributed by atoms with Gasteiger partial charge in [-0.1, -0.05) is 16.6 Å². The summed E-state index contributed by atoms with van der Waals surface area (Å²) in [5.41, 5.74) is 6.85. The van der Waals surface area contributed by atoms with Crippen molar-refractivity contribution in [2.45, 2.75) is 26.3 Å². The molecule has 0 bridgehead atoms. The van der Waals surface area contributed by atoms with E-state index >= 15 is 0 Å². The van der Waals surface area contributed by atoms with E-state index in [0.29, 0.717) is 17.1 Å². The number of imide groups is 3. The van der Waals surface area contributed by atoms with E-state index in [-0.39, 0.29) is 11.4 Å². The number of nitrogens with two attached hydrogens (primary N) is 1. The number of carbonyl (C=O) groups is 4. The van der Waals surface area contributed by atoms with Crippen molar-refractivity contribution in [2.24, 2.45) is 5.73 Å². The van der Waals surface area contributed by atoms with Crippen LogP contribution in [0.3, 0.4) is 0 Å². The fourth-order valence-corrected chi connectivity index (χ4v) is 4.38. The van der Waals surface area contributed by atoms with E-state index in [1.165, 1.54) is 29.2 Å². The maximum absolute atomic E-state index is 14.3. The number of methoxy groups -OCH3 is 1. The Bertz CT molecular complexity index is 1330. The monoisotopic (exact) mass is 488 g/mol. The van der Waals surface area contributed by atoms with Crippen LogP contribution in [0.5, 0.6) is 5.75 Å². The summed E-state index contributed by atoms with van der Waals surface area (Å²) >= 11 is 0. The number of aromatic nitrogens is 1. The van der Waals surface area contributed by atoms with Gasteiger partial charge in [0.1, 0.15) is 17.9 Å². The summed E-state index contributed by atoms with van der Waals surface area (Å²) < 4.78 is 3.72. The van der Waals surface area contributed by atoms with Crippen LogP contribution in [-0.2, 0) is 9.59 Å². The number of quaternary nitrogens is 1. The number of urea groups is 2. The lowest BCUT2D eigenvalue weighted by atomic mass is 10.1. The number of primary amides is 1. The summed E-state index contributed by atoms with van der Waals surface area (Å²) in [7, 11) is 1.52. The number of hydrogen-bond acceptors (Lipinski definition) is 6. The Morgan fingerprint density at radius 2 is 1.75 bits per heavy atom. The molecule has 1 atom stereocenters. The highest BCUT2D eigenvalue weighted by Gasteiger charge is 2.60. The van der Waals surface area contributed by atoms with Crippen LogP contribution in [0.25, 0.3) is 0 Å². The molecule has 1 aromatic heterocycles. The SMILES string of the molecule is COc1ccc(N(C(=O)[N+]2(C(N)=O)C(=O)CC(=O)N(c3cccnc3)c3ccccc32)C(C)C)cc1. The molecule has 2 N–H and O–H groups in total. The van der Waals surface area contributed by atoms with Crippen LogP contribution in [0.1, 0.15) is 20.3 Å². The van der Waals surface area contributed by atoms with Gasteiger partial charge in [0.05, 0.1) is 19.0 Å². The van der Waals surface area contributed by atoms with Crippen LogP contribution in [0.2, 0.25) is 0 Å². The van der Waals surface area contributed by atoms with Crippen molar-refractivity contribution in [3.8, 4) is 5.75 Å². The summed E-state index contributed by atoms with van der Waals surface area (Å²) in [5, 5.41) is 0. The summed E-state index contributed by atoms with van der Waals surface area (Å²) in [6.45, 7) is 3.50. The Kier molecular flexibility index (Phi) is 6.54. The van der Waals surface area contributed by atoms with Gasteiger partial charge < -0.3 is 10.5 Å². The Hall–Kier alpha value is -4.57. The zero-order chi connectivity index (χ0) is 26.0.